The summed E-state index contributed by atoms with van der Waals surface area (Å²) in [4.78, 5) is 35.7. The van der Waals surface area contributed by atoms with Gasteiger partial charge in [0.2, 0.25) is 5.91 Å². The van der Waals surface area contributed by atoms with E-state index in [0.717, 1.165) is 0 Å². The van der Waals surface area contributed by atoms with E-state index in [4.69, 9.17) is 0 Å². The number of ether oxygens (including phenoxy) is 1. The first-order valence-electron chi connectivity index (χ1n) is 6.65. The number of carbonyl (C=O) groups is 3. The highest BCUT2D eigenvalue weighted by atomic mass is 32.1. The Morgan fingerprint density at radius 2 is 1.95 bits per heavy atom. The molecule has 0 atom stereocenters. The Hall–Kier alpha value is -2.47. The van der Waals surface area contributed by atoms with Crippen LogP contribution in [-0.4, -0.2) is 24.8 Å². The number of nitrogens with one attached hydrogen (secondary N) is 1. The molecule has 0 aliphatic rings. The Morgan fingerprint density at radius 3 is 2.64 bits per heavy atom. The van der Waals surface area contributed by atoms with E-state index in [9.17, 15) is 14.4 Å². The van der Waals surface area contributed by atoms with Gasteiger partial charge in [-0.25, -0.2) is 4.79 Å². The van der Waals surface area contributed by atoms with Gasteiger partial charge < -0.3 is 10.1 Å². The standard InChI is InChI=1S/C16H15NO4S/c1-21-16(20)11-4-2-5-12(10-11)17-15(19)8-7-13(18)14-6-3-9-22-14/h2-6,9-10H,7-8H2,1H3,(H,17,19). The van der Waals surface area contributed by atoms with Crippen LogP contribution in [0.1, 0.15) is 32.9 Å². The van der Waals surface area contributed by atoms with E-state index in [2.05, 4.69) is 10.1 Å². The molecule has 2 rings (SSSR count). The number of carbonyl (C=O) groups excluding carboxylic acids is 3. The van der Waals surface area contributed by atoms with Crippen molar-refractivity contribution in [2.24, 2.45) is 0 Å². The van der Waals surface area contributed by atoms with Gasteiger partial charge in [-0.15, -0.1) is 11.3 Å². The fraction of sp³-hybridized carbons (Fsp3) is 0.188. The number of Topliss-reactive ketones (excluding diaryl/α,β-unsaturated/α-hetero) is 1. The maximum atomic E-state index is 11.9. The fourth-order valence-corrected chi connectivity index (χ4v) is 2.55. The van der Waals surface area contributed by atoms with Crippen LogP contribution in [0.25, 0.3) is 0 Å². The maximum Gasteiger partial charge on any atom is 0.337 e. The number of hydrogen-bond donors (Lipinski definition) is 1. The molecule has 0 bridgehead atoms. The molecule has 1 aromatic carbocycles. The third-order valence-electron chi connectivity index (χ3n) is 2.94. The van der Waals surface area contributed by atoms with Crippen LogP contribution in [-0.2, 0) is 9.53 Å². The van der Waals surface area contributed by atoms with Crippen LogP contribution < -0.4 is 5.32 Å². The van der Waals surface area contributed by atoms with Crippen molar-refractivity contribution in [3.63, 3.8) is 0 Å². The van der Waals surface area contributed by atoms with Gasteiger partial charge in [0.15, 0.2) is 5.78 Å². The van der Waals surface area contributed by atoms with E-state index in [1.54, 1.807) is 30.3 Å². The monoisotopic (exact) mass is 317 g/mol. The van der Waals surface area contributed by atoms with Crippen LogP contribution >= 0.6 is 11.3 Å². The van der Waals surface area contributed by atoms with Gasteiger partial charge in [-0.05, 0) is 29.6 Å². The predicted molar refractivity (Wildman–Crippen MR) is 84.3 cm³/mol. The second kappa shape index (κ2) is 7.51. The maximum absolute atomic E-state index is 11.9. The molecule has 0 saturated carbocycles. The lowest BCUT2D eigenvalue weighted by Crippen LogP contribution is -2.13. The van der Waals surface area contributed by atoms with E-state index in [1.165, 1.54) is 24.5 Å². The highest BCUT2D eigenvalue weighted by Crippen LogP contribution is 2.14. The number of methoxy groups -OCH3 is 1. The molecule has 1 amide bonds. The largest absolute Gasteiger partial charge is 0.465 e. The zero-order chi connectivity index (χ0) is 15.9. The van der Waals surface area contributed by atoms with Gasteiger partial charge in [0.05, 0.1) is 17.6 Å². The molecular formula is C16H15NO4S. The second-order valence-electron chi connectivity index (χ2n) is 4.52. The molecule has 6 heteroatoms. The molecule has 1 aromatic heterocycles. The quantitative estimate of drug-likeness (QED) is 0.656. The Kier molecular flexibility index (Phi) is 5.43. The lowest BCUT2D eigenvalue weighted by atomic mass is 10.1. The molecule has 0 unspecified atom stereocenters. The number of thiophene rings is 1. The molecule has 5 nitrogen and oxygen atoms in total. The predicted octanol–water partition coefficient (Wildman–Crippen LogP) is 3.14. The molecule has 0 saturated heterocycles. The lowest BCUT2D eigenvalue weighted by Gasteiger charge is -2.06. The third kappa shape index (κ3) is 4.26. The van der Waals surface area contributed by atoms with Crippen LogP contribution in [0.15, 0.2) is 41.8 Å². The van der Waals surface area contributed by atoms with Gasteiger partial charge in [0, 0.05) is 18.5 Å². The van der Waals surface area contributed by atoms with Crippen LogP contribution in [0.2, 0.25) is 0 Å². The molecule has 0 aliphatic carbocycles. The molecule has 1 N–H and O–H groups in total. The topological polar surface area (TPSA) is 72.5 Å². The zero-order valence-electron chi connectivity index (χ0n) is 12.0. The summed E-state index contributed by atoms with van der Waals surface area (Å²) in [6.45, 7) is 0. The van der Waals surface area contributed by atoms with Gasteiger partial charge in [-0.3, -0.25) is 9.59 Å². The van der Waals surface area contributed by atoms with Gasteiger partial charge in [-0.1, -0.05) is 12.1 Å². The molecule has 2 aromatic rings. The summed E-state index contributed by atoms with van der Waals surface area (Å²) in [6.07, 6.45) is 0.252. The van der Waals surface area contributed by atoms with E-state index in [1.807, 2.05) is 5.38 Å². The van der Waals surface area contributed by atoms with Gasteiger partial charge >= 0.3 is 5.97 Å². The van der Waals surface area contributed by atoms with Crippen LogP contribution in [0, 0.1) is 0 Å². The molecule has 114 valence electrons. The summed E-state index contributed by atoms with van der Waals surface area (Å²) in [5.41, 5.74) is 0.853. The highest BCUT2D eigenvalue weighted by molar-refractivity contribution is 7.12. The van der Waals surface area contributed by atoms with Crippen molar-refractivity contribution in [2.45, 2.75) is 12.8 Å². The Labute approximate surface area is 131 Å². The van der Waals surface area contributed by atoms with E-state index in [-0.39, 0.29) is 24.5 Å². The number of esters is 1. The lowest BCUT2D eigenvalue weighted by molar-refractivity contribution is -0.116. The molecule has 0 aliphatic heterocycles. The minimum Gasteiger partial charge on any atom is -0.465 e. The van der Waals surface area contributed by atoms with Crippen LogP contribution in [0.3, 0.4) is 0 Å². The summed E-state index contributed by atoms with van der Waals surface area (Å²) >= 11 is 1.36. The fourth-order valence-electron chi connectivity index (χ4n) is 1.85. The Balaban J connectivity index is 1.89. The van der Waals surface area contributed by atoms with E-state index < -0.39 is 5.97 Å². The minimum atomic E-state index is -0.469. The number of amides is 1. The zero-order valence-corrected chi connectivity index (χ0v) is 12.8. The first kappa shape index (κ1) is 15.9. The van der Waals surface area contributed by atoms with Crippen molar-refractivity contribution >= 4 is 34.7 Å². The number of hydrogen-bond acceptors (Lipinski definition) is 5. The number of anilines is 1. The second-order valence-corrected chi connectivity index (χ2v) is 5.47. The molecular weight excluding hydrogens is 302 g/mol. The summed E-state index contributed by atoms with van der Waals surface area (Å²) in [5, 5.41) is 4.49. The van der Waals surface area contributed by atoms with Crippen molar-refractivity contribution in [3.8, 4) is 0 Å². The van der Waals surface area contributed by atoms with Crippen LogP contribution in [0.5, 0.6) is 0 Å². The summed E-state index contributed by atoms with van der Waals surface area (Å²) in [6, 6.07) is 10.00. The SMILES string of the molecule is COC(=O)c1cccc(NC(=O)CCC(=O)c2cccs2)c1. The number of benzene rings is 1. The van der Waals surface area contributed by atoms with Crippen molar-refractivity contribution in [3.05, 3.63) is 52.2 Å². The molecule has 22 heavy (non-hydrogen) atoms. The van der Waals surface area contributed by atoms with E-state index >= 15 is 0 Å². The molecule has 0 fully saturated rings. The average Bonchev–Trinajstić information content (AvgIpc) is 3.06. The van der Waals surface area contributed by atoms with E-state index in [0.29, 0.717) is 16.1 Å². The van der Waals surface area contributed by atoms with Crippen molar-refractivity contribution in [1.82, 2.24) is 0 Å². The molecule has 0 spiro atoms. The highest BCUT2D eigenvalue weighted by Gasteiger charge is 2.11. The summed E-state index contributed by atoms with van der Waals surface area (Å²) in [5.74, 6) is -0.788. The molecule has 1 heterocycles. The van der Waals surface area contributed by atoms with Crippen molar-refractivity contribution < 1.29 is 19.1 Å². The van der Waals surface area contributed by atoms with Crippen LogP contribution in [0.4, 0.5) is 5.69 Å². The summed E-state index contributed by atoms with van der Waals surface area (Å²) < 4.78 is 4.62. The Morgan fingerprint density at radius 1 is 1.14 bits per heavy atom. The van der Waals surface area contributed by atoms with Gasteiger partial charge in [0.25, 0.3) is 0 Å². The van der Waals surface area contributed by atoms with Gasteiger partial charge in [0.1, 0.15) is 0 Å². The Bertz CT molecular complexity index is 679. The summed E-state index contributed by atoms with van der Waals surface area (Å²) in [7, 11) is 1.30. The number of rotatable bonds is 6. The average molecular weight is 317 g/mol. The first-order chi connectivity index (χ1) is 10.6. The normalized spacial score (nSPS) is 10.0. The smallest absolute Gasteiger partial charge is 0.337 e. The number of ketones is 1. The molecule has 0 radical (unpaired) electrons. The van der Waals surface area contributed by atoms with Crippen molar-refractivity contribution in [2.75, 3.05) is 12.4 Å². The van der Waals surface area contributed by atoms with Crippen molar-refractivity contribution in [1.29, 1.82) is 0 Å². The third-order valence-corrected chi connectivity index (χ3v) is 3.85. The first-order valence-corrected chi connectivity index (χ1v) is 7.53. The van der Waals surface area contributed by atoms with Gasteiger partial charge in [-0.2, -0.15) is 0 Å². The minimum absolute atomic E-state index is 0.0477.